The predicted octanol–water partition coefficient (Wildman–Crippen LogP) is 6.30. The van der Waals surface area contributed by atoms with Gasteiger partial charge >= 0.3 is 0 Å². The summed E-state index contributed by atoms with van der Waals surface area (Å²) in [5.41, 5.74) is 1.70. The number of hydrogen-bond donors (Lipinski definition) is 1. The van der Waals surface area contributed by atoms with Gasteiger partial charge in [0.15, 0.2) is 6.61 Å². The Hall–Kier alpha value is -2.54. The van der Waals surface area contributed by atoms with E-state index in [2.05, 4.69) is 21.2 Å². The van der Waals surface area contributed by atoms with E-state index < -0.39 is 6.04 Å². The van der Waals surface area contributed by atoms with Crippen LogP contribution in [0, 0.1) is 0 Å². The highest BCUT2D eigenvalue weighted by atomic mass is 79.9. The smallest absolute Gasteiger partial charge is 0.261 e. The van der Waals surface area contributed by atoms with Crippen molar-refractivity contribution in [3.8, 4) is 5.75 Å². The van der Waals surface area contributed by atoms with Gasteiger partial charge in [-0.1, -0.05) is 75.5 Å². The minimum atomic E-state index is -0.754. The van der Waals surface area contributed by atoms with E-state index in [-0.39, 0.29) is 31.0 Å². The number of ether oxygens (including phenoxy) is 1. The standard InChI is InChI=1S/C27H27BrCl2N2O3/c1-18(2)31-27(34)25(15-19-6-4-3-5-7-19)32(16-20-8-13-23(29)24(30)14-20)26(33)17-35-22-11-9-21(28)10-12-22/h3-14,18,25H,15-17H2,1-2H3,(H,31,34). The van der Waals surface area contributed by atoms with Gasteiger partial charge in [-0.05, 0) is 61.4 Å². The lowest BCUT2D eigenvalue weighted by molar-refractivity contribution is -0.143. The van der Waals surface area contributed by atoms with Crippen LogP contribution in [0.25, 0.3) is 0 Å². The molecular weight excluding hydrogens is 551 g/mol. The summed E-state index contributed by atoms with van der Waals surface area (Å²) in [5, 5.41) is 3.76. The number of nitrogens with one attached hydrogen (secondary N) is 1. The third kappa shape index (κ3) is 8.27. The maximum Gasteiger partial charge on any atom is 0.261 e. The van der Waals surface area contributed by atoms with E-state index in [1.54, 1.807) is 35.2 Å². The van der Waals surface area contributed by atoms with Crippen LogP contribution in [0.5, 0.6) is 5.75 Å². The highest BCUT2D eigenvalue weighted by molar-refractivity contribution is 9.10. The first-order valence-electron chi connectivity index (χ1n) is 11.2. The lowest BCUT2D eigenvalue weighted by Gasteiger charge is -2.32. The summed E-state index contributed by atoms with van der Waals surface area (Å²) in [6.07, 6.45) is 0.352. The summed E-state index contributed by atoms with van der Waals surface area (Å²) >= 11 is 15.7. The number of carbonyl (C=O) groups excluding carboxylic acids is 2. The molecule has 0 aliphatic carbocycles. The van der Waals surface area contributed by atoms with E-state index in [0.717, 1.165) is 15.6 Å². The topological polar surface area (TPSA) is 58.6 Å². The Morgan fingerprint density at radius 1 is 0.943 bits per heavy atom. The molecule has 0 saturated heterocycles. The van der Waals surface area contributed by atoms with Gasteiger partial charge in [0.2, 0.25) is 5.91 Å². The van der Waals surface area contributed by atoms with Gasteiger partial charge in [0.1, 0.15) is 11.8 Å². The van der Waals surface area contributed by atoms with Crippen molar-refractivity contribution >= 4 is 50.9 Å². The van der Waals surface area contributed by atoms with Gasteiger partial charge in [-0.15, -0.1) is 0 Å². The molecule has 3 aromatic rings. The molecule has 1 N–H and O–H groups in total. The zero-order valence-electron chi connectivity index (χ0n) is 19.5. The molecule has 0 bridgehead atoms. The van der Waals surface area contributed by atoms with Crippen LogP contribution in [-0.4, -0.2) is 35.4 Å². The molecule has 5 nitrogen and oxygen atoms in total. The minimum Gasteiger partial charge on any atom is -0.484 e. The molecule has 3 rings (SSSR count). The number of benzene rings is 3. The van der Waals surface area contributed by atoms with Crippen molar-refractivity contribution < 1.29 is 14.3 Å². The maximum absolute atomic E-state index is 13.5. The molecule has 1 atom stereocenters. The summed E-state index contributed by atoms with van der Waals surface area (Å²) in [5.74, 6) is 0.00186. The van der Waals surface area contributed by atoms with Crippen LogP contribution in [0.2, 0.25) is 10.0 Å². The highest BCUT2D eigenvalue weighted by Crippen LogP contribution is 2.24. The zero-order valence-corrected chi connectivity index (χ0v) is 22.6. The average molecular weight is 578 g/mol. The first-order chi connectivity index (χ1) is 16.7. The van der Waals surface area contributed by atoms with Crippen molar-refractivity contribution in [2.24, 2.45) is 0 Å². The molecule has 35 heavy (non-hydrogen) atoms. The van der Waals surface area contributed by atoms with E-state index >= 15 is 0 Å². The molecule has 184 valence electrons. The van der Waals surface area contributed by atoms with Gasteiger partial charge in [0.25, 0.3) is 5.91 Å². The molecule has 0 aromatic heterocycles. The van der Waals surface area contributed by atoms with Crippen LogP contribution in [0.3, 0.4) is 0 Å². The van der Waals surface area contributed by atoms with Crippen LogP contribution in [-0.2, 0) is 22.6 Å². The summed E-state index contributed by atoms with van der Waals surface area (Å²) in [6.45, 7) is 3.73. The molecule has 3 aromatic carbocycles. The van der Waals surface area contributed by atoms with Crippen LogP contribution in [0.1, 0.15) is 25.0 Å². The lowest BCUT2D eigenvalue weighted by atomic mass is 10.0. The Bertz CT molecular complexity index is 1140. The molecule has 2 amide bonds. The van der Waals surface area contributed by atoms with Gasteiger partial charge < -0.3 is 15.0 Å². The number of amides is 2. The molecular formula is C27H27BrCl2N2O3. The van der Waals surface area contributed by atoms with Crippen molar-refractivity contribution in [1.82, 2.24) is 10.2 Å². The highest BCUT2D eigenvalue weighted by Gasteiger charge is 2.31. The second kappa shape index (κ2) is 13.0. The molecule has 0 radical (unpaired) electrons. The largest absolute Gasteiger partial charge is 0.484 e. The Balaban J connectivity index is 1.92. The summed E-state index contributed by atoms with van der Waals surface area (Å²) < 4.78 is 6.66. The molecule has 0 fully saturated rings. The Morgan fingerprint density at radius 2 is 1.63 bits per heavy atom. The molecule has 0 saturated carbocycles. The third-order valence-electron chi connectivity index (χ3n) is 5.21. The van der Waals surface area contributed by atoms with Gasteiger partial charge in [-0.2, -0.15) is 0 Å². The van der Waals surface area contributed by atoms with Crippen LogP contribution in [0.4, 0.5) is 0 Å². The van der Waals surface area contributed by atoms with Crippen molar-refractivity contribution in [3.63, 3.8) is 0 Å². The fraction of sp³-hybridized carbons (Fsp3) is 0.259. The fourth-order valence-electron chi connectivity index (χ4n) is 3.53. The van der Waals surface area contributed by atoms with Crippen molar-refractivity contribution in [2.45, 2.75) is 38.9 Å². The number of halogens is 3. The van der Waals surface area contributed by atoms with E-state index in [4.69, 9.17) is 27.9 Å². The first-order valence-corrected chi connectivity index (χ1v) is 12.7. The molecule has 0 spiro atoms. The van der Waals surface area contributed by atoms with Crippen molar-refractivity contribution in [3.05, 3.63) is 98.4 Å². The Morgan fingerprint density at radius 3 is 2.26 bits per heavy atom. The fourth-order valence-corrected chi connectivity index (χ4v) is 4.11. The van der Waals surface area contributed by atoms with Gasteiger partial charge in [-0.25, -0.2) is 0 Å². The molecule has 8 heteroatoms. The lowest BCUT2D eigenvalue weighted by Crippen LogP contribution is -2.52. The summed E-state index contributed by atoms with van der Waals surface area (Å²) in [4.78, 5) is 28.4. The van der Waals surface area contributed by atoms with E-state index in [1.165, 1.54) is 0 Å². The number of nitrogens with zero attached hydrogens (tertiary/aromatic N) is 1. The Kier molecular flexibility index (Phi) is 10.0. The first kappa shape index (κ1) is 27.1. The van der Waals surface area contributed by atoms with Crippen LogP contribution >= 0.6 is 39.1 Å². The summed E-state index contributed by atoms with van der Waals surface area (Å²) in [7, 11) is 0. The number of hydrogen-bond acceptors (Lipinski definition) is 3. The summed E-state index contributed by atoms with van der Waals surface area (Å²) in [6, 6.07) is 21.2. The molecule has 0 aliphatic heterocycles. The van der Waals surface area contributed by atoms with Gasteiger partial charge in [0.05, 0.1) is 10.0 Å². The molecule has 0 aliphatic rings. The molecule has 1 unspecified atom stereocenters. The van der Waals surface area contributed by atoms with Gasteiger partial charge in [-0.3, -0.25) is 9.59 Å². The van der Waals surface area contributed by atoms with E-state index in [0.29, 0.717) is 22.2 Å². The second-order valence-corrected chi connectivity index (χ2v) is 10.1. The van der Waals surface area contributed by atoms with Crippen LogP contribution in [0.15, 0.2) is 77.3 Å². The maximum atomic E-state index is 13.5. The number of carbonyl (C=O) groups is 2. The third-order valence-corrected chi connectivity index (χ3v) is 6.48. The quantitative estimate of drug-likeness (QED) is 0.308. The number of rotatable bonds is 10. The minimum absolute atomic E-state index is 0.0817. The SMILES string of the molecule is CC(C)NC(=O)C(Cc1ccccc1)N(Cc1ccc(Cl)c(Cl)c1)C(=O)COc1ccc(Br)cc1. The van der Waals surface area contributed by atoms with E-state index in [1.807, 2.05) is 56.3 Å². The Labute approximate surface area is 224 Å². The average Bonchev–Trinajstić information content (AvgIpc) is 2.83. The van der Waals surface area contributed by atoms with Gasteiger partial charge in [0, 0.05) is 23.5 Å². The normalized spacial score (nSPS) is 11.7. The van der Waals surface area contributed by atoms with E-state index in [9.17, 15) is 9.59 Å². The predicted molar refractivity (Wildman–Crippen MR) is 144 cm³/mol. The van der Waals surface area contributed by atoms with Crippen molar-refractivity contribution in [2.75, 3.05) is 6.61 Å². The molecule has 0 heterocycles. The monoisotopic (exact) mass is 576 g/mol. The van der Waals surface area contributed by atoms with Crippen LogP contribution < -0.4 is 10.1 Å². The zero-order chi connectivity index (χ0) is 25.4. The second-order valence-electron chi connectivity index (χ2n) is 8.38. The van der Waals surface area contributed by atoms with Crippen molar-refractivity contribution in [1.29, 1.82) is 0 Å².